The maximum absolute atomic E-state index is 13.9. The Balaban J connectivity index is 1.40. The van der Waals surface area contributed by atoms with Gasteiger partial charge in [0.1, 0.15) is 17.0 Å². The zero-order valence-corrected chi connectivity index (χ0v) is 18.7. The maximum atomic E-state index is 13.9. The number of aromatic amines is 1. The number of fused-ring (bicyclic) bond motifs is 1. The predicted octanol–water partition coefficient (Wildman–Crippen LogP) is 2.90. The third kappa shape index (κ3) is 3.99. The lowest BCUT2D eigenvalue weighted by molar-refractivity contribution is -0.0296. The number of benzene rings is 2. The average Bonchev–Trinajstić information content (AvgIpc) is 3.32. The SMILES string of the molecule is Cc1ccc(C(=O)N2CCC(O)(Cn3c(-c4ccccc4)nc4[nH]ncc4c3=O)CC2)cc1F. The highest BCUT2D eigenvalue weighted by Crippen LogP contribution is 2.27. The van der Waals surface area contributed by atoms with E-state index in [1.807, 2.05) is 30.3 Å². The molecule has 2 N–H and O–H groups in total. The zero-order valence-electron chi connectivity index (χ0n) is 18.7. The van der Waals surface area contributed by atoms with Gasteiger partial charge in [-0.05, 0) is 37.5 Å². The second-order valence-electron chi connectivity index (χ2n) is 8.81. The smallest absolute Gasteiger partial charge is 0.265 e. The highest BCUT2D eigenvalue weighted by Gasteiger charge is 2.36. The van der Waals surface area contributed by atoms with Crippen LogP contribution in [0.15, 0.2) is 59.5 Å². The Morgan fingerprint density at radius 3 is 2.62 bits per heavy atom. The van der Waals surface area contributed by atoms with Crippen LogP contribution in [-0.2, 0) is 6.54 Å². The molecular formula is C25H24FN5O3. The van der Waals surface area contributed by atoms with E-state index in [0.29, 0.717) is 35.5 Å². The third-order valence-electron chi connectivity index (χ3n) is 6.45. The monoisotopic (exact) mass is 461 g/mol. The molecule has 0 atom stereocenters. The summed E-state index contributed by atoms with van der Waals surface area (Å²) in [5.74, 6) is -0.261. The van der Waals surface area contributed by atoms with Gasteiger partial charge >= 0.3 is 0 Å². The van der Waals surface area contributed by atoms with E-state index in [0.717, 1.165) is 5.56 Å². The molecule has 1 aliphatic rings. The second-order valence-corrected chi connectivity index (χ2v) is 8.81. The number of aromatic nitrogens is 4. The summed E-state index contributed by atoms with van der Waals surface area (Å²) in [6.45, 7) is 2.26. The number of aryl methyl sites for hydroxylation is 1. The topological polar surface area (TPSA) is 104 Å². The number of H-pyrrole nitrogens is 1. The molecule has 1 fully saturated rings. The number of aliphatic hydroxyl groups is 1. The minimum absolute atomic E-state index is 0.0331. The maximum Gasteiger partial charge on any atom is 0.265 e. The molecular weight excluding hydrogens is 437 g/mol. The van der Waals surface area contributed by atoms with Crippen molar-refractivity contribution in [2.75, 3.05) is 13.1 Å². The number of nitrogens with zero attached hydrogens (tertiary/aromatic N) is 4. The van der Waals surface area contributed by atoms with Gasteiger partial charge in [-0.15, -0.1) is 0 Å². The molecule has 1 saturated heterocycles. The summed E-state index contributed by atoms with van der Waals surface area (Å²) < 4.78 is 15.4. The van der Waals surface area contributed by atoms with Crippen LogP contribution in [0, 0.1) is 12.7 Å². The number of halogens is 1. The van der Waals surface area contributed by atoms with E-state index in [9.17, 15) is 19.1 Å². The van der Waals surface area contributed by atoms with Crippen molar-refractivity contribution in [1.82, 2.24) is 24.6 Å². The predicted molar refractivity (Wildman–Crippen MR) is 125 cm³/mol. The summed E-state index contributed by atoms with van der Waals surface area (Å²) in [6, 6.07) is 13.7. The number of amides is 1. The molecule has 0 radical (unpaired) electrons. The summed E-state index contributed by atoms with van der Waals surface area (Å²) >= 11 is 0. The standard InChI is InChI=1S/C25H24FN5O3/c1-16-7-8-18(13-20(16)26)23(32)30-11-9-25(34,10-12-30)15-31-22(17-5-3-2-4-6-17)28-21-19(24(31)33)14-27-29-21/h2-8,13-14,34H,9-12,15H2,1H3,(H,27,29). The Labute approximate surface area is 194 Å². The van der Waals surface area contributed by atoms with E-state index < -0.39 is 11.4 Å². The highest BCUT2D eigenvalue weighted by atomic mass is 19.1. The first-order chi connectivity index (χ1) is 16.3. The molecule has 174 valence electrons. The quantitative estimate of drug-likeness (QED) is 0.486. The van der Waals surface area contributed by atoms with Crippen LogP contribution in [0.2, 0.25) is 0 Å². The minimum Gasteiger partial charge on any atom is -0.388 e. The summed E-state index contributed by atoms with van der Waals surface area (Å²) in [4.78, 5) is 32.3. The van der Waals surface area contributed by atoms with Gasteiger partial charge in [-0.3, -0.25) is 19.3 Å². The molecule has 8 nitrogen and oxygen atoms in total. The number of carbonyl (C=O) groups is 1. The van der Waals surface area contributed by atoms with E-state index >= 15 is 0 Å². The summed E-state index contributed by atoms with van der Waals surface area (Å²) in [5.41, 5.74) is 0.395. The van der Waals surface area contributed by atoms with Gasteiger partial charge in [-0.25, -0.2) is 9.37 Å². The number of rotatable bonds is 4. The number of nitrogens with one attached hydrogen (secondary N) is 1. The first-order valence-electron chi connectivity index (χ1n) is 11.1. The lowest BCUT2D eigenvalue weighted by atomic mass is 9.90. The van der Waals surface area contributed by atoms with Crippen molar-refractivity contribution in [2.24, 2.45) is 0 Å². The molecule has 0 bridgehead atoms. The largest absolute Gasteiger partial charge is 0.388 e. The number of hydrogen-bond donors (Lipinski definition) is 2. The van der Waals surface area contributed by atoms with Crippen LogP contribution in [0.5, 0.6) is 0 Å². The molecule has 0 spiro atoms. The van der Waals surface area contributed by atoms with Crippen LogP contribution in [0.3, 0.4) is 0 Å². The van der Waals surface area contributed by atoms with Crippen LogP contribution in [-0.4, -0.2) is 54.4 Å². The van der Waals surface area contributed by atoms with Crippen molar-refractivity contribution in [3.8, 4) is 11.4 Å². The molecule has 0 saturated carbocycles. The normalized spacial score (nSPS) is 15.6. The van der Waals surface area contributed by atoms with Crippen molar-refractivity contribution >= 4 is 16.9 Å². The van der Waals surface area contributed by atoms with E-state index in [4.69, 9.17) is 0 Å². The summed E-state index contributed by atoms with van der Waals surface area (Å²) in [7, 11) is 0. The van der Waals surface area contributed by atoms with Crippen molar-refractivity contribution in [1.29, 1.82) is 0 Å². The average molecular weight is 461 g/mol. The van der Waals surface area contributed by atoms with Gasteiger partial charge in [0.2, 0.25) is 0 Å². The molecule has 9 heteroatoms. The Morgan fingerprint density at radius 1 is 1.18 bits per heavy atom. The Hall–Kier alpha value is -3.85. The van der Waals surface area contributed by atoms with Gasteiger partial charge in [0, 0.05) is 24.2 Å². The number of hydrogen-bond acceptors (Lipinski definition) is 5. The molecule has 3 heterocycles. The Morgan fingerprint density at radius 2 is 1.91 bits per heavy atom. The molecule has 2 aromatic carbocycles. The fraction of sp³-hybridized carbons (Fsp3) is 0.280. The van der Waals surface area contributed by atoms with E-state index in [-0.39, 0.29) is 36.4 Å². The lowest BCUT2D eigenvalue weighted by Crippen LogP contribution is -2.50. The highest BCUT2D eigenvalue weighted by molar-refractivity contribution is 5.94. The molecule has 0 aliphatic carbocycles. The first kappa shape index (κ1) is 22.0. The molecule has 1 aliphatic heterocycles. The lowest BCUT2D eigenvalue weighted by Gasteiger charge is -2.38. The van der Waals surface area contributed by atoms with Gasteiger partial charge in [0.15, 0.2) is 5.65 Å². The molecule has 2 aromatic heterocycles. The van der Waals surface area contributed by atoms with Crippen LogP contribution in [0.4, 0.5) is 4.39 Å². The van der Waals surface area contributed by atoms with Gasteiger partial charge in [0.05, 0.1) is 18.3 Å². The summed E-state index contributed by atoms with van der Waals surface area (Å²) in [6.07, 6.45) is 1.98. The van der Waals surface area contributed by atoms with Crippen LogP contribution < -0.4 is 5.56 Å². The molecule has 5 rings (SSSR count). The third-order valence-corrected chi connectivity index (χ3v) is 6.45. The van der Waals surface area contributed by atoms with E-state index in [1.54, 1.807) is 24.0 Å². The Bertz CT molecular complexity index is 1420. The van der Waals surface area contributed by atoms with Crippen LogP contribution in [0.1, 0.15) is 28.8 Å². The fourth-order valence-corrected chi connectivity index (χ4v) is 4.37. The molecule has 0 unspecified atom stereocenters. The second kappa shape index (κ2) is 8.49. The van der Waals surface area contributed by atoms with E-state index in [2.05, 4.69) is 15.2 Å². The minimum atomic E-state index is -1.21. The van der Waals surface area contributed by atoms with Gasteiger partial charge in [0.25, 0.3) is 11.5 Å². The number of likely N-dealkylation sites (tertiary alicyclic amines) is 1. The first-order valence-corrected chi connectivity index (χ1v) is 11.1. The number of carbonyl (C=O) groups excluding carboxylic acids is 1. The van der Waals surface area contributed by atoms with Gasteiger partial charge in [-0.1, -0.05) is 36.4 Å². The number of piperidine rings is 1. The van der Waals surface area contributed by atoms with Gasteiger partial charge < -0.3 is 10.0 Å². The molecule has 34 heavy (non-hydrogen) atoms. The van der Waals surface area contributed by atoms with E-state index in [1.165, 1.54) is 16.8 Å². The summed E-state index contributed by atoms with van der Waals surface area (Å²) in [5, 5.41) is 18.4. The van der Waals surface area contributed by atoms with Crippen molar-refractivity contribution in [2.45, 2.75) is 31.9 Å². The van der Waals surface area contributed by atoms with Gasteiger partial charge in [-0.2, -0.15) is 5.10 Å². The van der Waals surface area contributed by atoms with Crippen molar-refractivity contribution in [3.63, 3.8) is 0 Å². The molecule has 4 aromatic rings. The Kier molecular flexibility index (Phi) is 5.49. The van der Waals surface area contributed by atoms with Crippen LogP contribution in [0.25, 0.3) is 22.4 Å². The van der Waals surface area contributed by atoms with Crippen LogP contribution >= 0.6 is 0 Å². The van der Waals surface area contributed by atoms with Crippen molar-refractivity contribution in [3.05, 3.63) is 82.0 Å². The fourth-order valence-electron chi connectivity index (χ4n) is 4.37. The van der Waals surface area contributed by atoms with Crippen molar-refractivity contribution < 1.29 is 14.3 Å². The molecule has 1 amide bonds. The zero-order chi connectivity index (χ0) is 23.9.